The lowest BCUT2D eigenvalue weighted by atomic mass is 10.2. The first-order valence-corrected chi connectivity index (χ1v) is 8.50. The van der Waals surface area contributed by atoms with Crippen LogP contribution >= 0.6 is 0 Å². The van der Waals surface area contributed by atoms with Gasteiger partial charge in [0.1, 0.15) is 5.82 Å². The van der Waals surface area contributed by atoms with Crippen molar-refractivity contribution in [2.24, 2.45) is 7.05 Å². The molecule has 3 rings (SSSR count). The van der Waals surface area contributed by atoms with Crippen LogP contribution in [0.3, 0.4) is 0 Å². The molecule has 2 aromatic heterocycles. The maximum absolute atomic E-state index is 12.7. The van der Waals surface area contributed by atoms with Gasteiger partial charge in [0.15, 0.2) is 0 Å². The van der Waals surface area contributed by atoms with Crippen LogP contribution in [0.15, 0.2) is 42.7 Å². The van der Waals surface area contributed by atoms with E-state index in [1.165, 1.54) is 5.39 Å². The van der Waals surface area contributed by atoms with Crippen molar-refractivity contribution >= 4 is 16.8 Å². The summed E-state index contributed by atoms with van der Waals surface area (Å²) in [6, 6.07) is 10.3. The quantitative estimate of drug-likeness (QED) is 0.716. The number of amides is 1. The van der Waals surface area contributed by atoms with Gasteiger partial charge in [-0.25, -0.2) is 4.98 Å². The number of aromatic nitrogens is 3. The summed E-state index contributed by atoms with van der Waals surface area (Å²) < 4.78 is 4.06. The summed E-state index contributed by atoms with van der Waals surface area (Å²) in [6.45, 7) is 3.36. The molecule has 1 aromatic carbocycles. The molecule has 0 atom stereocenters. The van der Waals surface area contributed by atoms with E-state index in [0.717, 1.165) is 17.0 Å². The van der Waals surface area contributed by atoms with E-state index in [1.807, 2.05) is 29.9 Å². The zero-order chi connectivity index (χ0) is 17.8. The van der Waals surface area contributed by atoms with E-state index in [-0.39, 0.29) is 12.5 Å². The Kier molecular flexibility index (Phi) is 5.19. The van der Waals surface area contributed by atoms with Crippen LogP contribution in [0.5, 0.6) is 0 Å². The number of hydrogen-bond donors (Lipinski definition) is 1. The van der Waals surface area contributed by atoms with Crippen LogP contribution in [-0.4, -0.2) is 43.2 Å². The monoisotopic (exact) mass is 340 g/mol. The molecule has 0 aliphatic heterocycles. The summed E-state index contributed by atoms with van der Waals surface area (Å²) in [5.41, 5.74) is 2.29. The molecule has 0 unspecified atom stereocenters. The van der Waals surface area contributed by atoms with Crippen molar-refractivity contribution in [3.63, 3.8) is 0 Å². The number of nitrogens with zero attached hydrogens (tertiary/aromatic N) is 4. The Morgan fingerprint density at radius 1 is 1.32 bits per heavy atom. The second-order valence-electron chi connectivity index (χ2n) is 6.24. The van der Waals surface area contributed by atoms with Gasteiger partial charge in [0, 0.05) is 50.2 Å². The average Bonchev–Trinajstić information content (AvgIpc) is 3.14. The van der Waals surface area contributed by atoms with Gasteiger partial charge in [-0.3, -0.25) is 4.79 Å². The van der Waals surface area contributed by atoms with Crippen molar-refractivity contribution in [2.75, 3.05) is 13.2 Å². The van der Waals surface area contributed by atoms with Gasteiger partial charge >= 0.3 is 0 Å². The molecular formula is C19H24N4O2. The number of carbonyl (C=O) groups excluding carboxylic acids is 1. The molecule has 1 N–H and O–H groups in total. The molecule has 6 heteroatoms. The van der Waals surface area contributed by atoms with Crippen molar-refractivity contribution in [2.45, 2.75) is 26.4 Å². The summed E-state index contributed by atoms with van der Waals surface area (Å²) in [4.78, 5) is 18.6. The van der Waals surface area contributed by atoms with E-state index >= 15 is 0 Å². The fourth-order valence-electron chi connectivity index (χ4n) is 3.14. The third-order valence-electron chi connectivity index (χ3n) is 4.54. The fourth-order valence-corrected chi connectivity index (χ4v) is 3.14. The van der Waals surface area contributed by atoms with Gasteiger partial charge in [0.25, 0.3) is 0 Å². The van der Waals surface area contributed by atoms with Crippen LogP contribution in [0.1, 0.15) is 17.9 Å². The Hall–Kier alpha value is -2.60. The normalized spacial score (nSPS) is 11.2. The van der Waals surface area contributed by atoms with E-state index in [9.17, 15) is 9.90 Å². The molecule has 0 aliphatic rings. The van der Waals surface area contributed by atoms with Crippen molar-refractivity contribution in [1.29, 1.82) is 0 Å². The number of hydrogen-bond acceptors (Lipinski definition) is 3. The maximum atomic E-state index is 12.7. The standard InChI is InChI=1S/C19H24N4O2/c1-15-13-16-5-3-4-6-17(16)23(15)9-7-19(25)22(11-12-24)14-18-20-8-10-21(18)2/h3-6,8,10,13,24H,7,9,11-12,14H2,1-2H3. The SMILES string of the molecule is Cc1cc2ccccc2n1CCC(=O)N(CCO)Cc1nccn1C. The number of aliphatic hydroxyl groups is 1. The lowest BCUT2D eigenvalue weighted by Crippen LogP contribution is -2.34. The first kappa shape index (κ1) is 17.2. The Labute approximate surface area is 147 Å². The highest BCUT2D eigenvalue weighted by Gasteiger charge is 2.16. The summed E-state index contributed by atoms with van der Waals surface area (Å²) in [5.74, 6) is 0.832. The third-order valence-corrected chi connectivity index (χ3v) is 4.54. The number of para-hydroxylation sites is 1. The Morgan fingerprint density at radius 3 is 2.84 bits per heavy atom. The van der Waals surface area contributed by atoms with Crippen molar-refractivity contribution in [3.8, 4) is 0 Å². The lowest BCUT2D eigenvalue weighted by Gasteiger charge is -2.22. The molecule has 0 saturated heterocycles. The highest BCUT2D eigenvalue weighted by molar-refractivity contribution is 5.81. The van der Waals surface area contributed by atoms with E-state index in [4.69, 9.17) is 0 Å². The topological polar surface area (TPSA) is 63.3 Å². The minimum atomic E-state index is -0.0539. The number of carbonyl (C=O) groups is 1. The Balaban J connectivity index is 1.70. The van der Waals surface area contributed by atoms with Gasteiger partial charge in [-0.2, -0.15) is 0 Å². The van der Waals surface area contributed by atoms with Crippen molar-refractivity contribution in [3.05, 3.63) is 54.2 Å². The predicted octanol–water partition coefficient (Wildman–Crippen LogP) is 2.09. The first-order valence-electron chi connectivity index (χ1n) is 8.50. The summed E-state index contributed by atoms with van der Waals surface area (Å²) in [6.07, 6.45) is 3.96. The van der Waals surface area contributed by atoms with Gasteiger partial charge in [-0.15, -0.1) is 0 Å². The predicted molar refractivity (Wildman–Crippen MR) is 97.0 cm³/mol. The molecule has 25 heavy (non-hydrogen) atoms. The van der Waals surface area contributed by atoms with Crippen LogP contribution < -0.4 is 0 Å². The molecule has 1 amide bonds. The maximum Gasteiger partial charge on any atom is 0.224 e. The van der Waals surface area contributed by atoms with Gasteiger partial charge < -0.3 is 19.1 Å². The molecule has 6 nitrogen and oxygen atoms in total. The van der Waals surface area contributed by atoms with Crippen LogP contribution in [-0.2, 0) is 24.9 Å². The van der Waals surface area contributed by atoms with Crippen molar-refractivity contribution in [1.82, 2.24) is 19.0 Å². The van der Waals surface area contributed by atoms with Crippen LogP contribution in [0.4, 0.5) is 0 Å². The summed E-state index contributed by atoms with van der Waals surface area (Å²) in [5, 5.41) is 10.5. The van der Waals surface area contributed by atoms with E-state index < -0.39 is 0 Å². The second kappa shape index (κ2) is 7.53. The minimum Gasteiger partial charge on any atom is -0.395 e. The lowest BCUT2D eigenvalue weighted by molar-refractivity contribution is -0.132. The average molecular weight is 340 g/mol. The zero-order valence-electron chi connectivity index (χ0n) is 14.7. The number of fused-ring (bicyclic) bond motifs is 1. The summed E-state index contributed by atoms with van der Waals surface area (Å²) >= 11 is 0. The fraction of sp³-hybridized carbons (Fsp3) is 0.368. The molecular weight excluding hydrogens is 316 g/mol. The molecule has 0 aliphatic carbocycles. The Bertz CT molecular complexity index is 865. The van der Waals surface area contributed by atoms with Gasteiger partial charge in [0.05, 0.1) is 13.2 Å². The molecule has 0 fully saturated rings. The first-order chi connectivity index (χ1) is 12.1. The zero-order valence-corrected chi connectivity index (χ0v) is 14.7. The second-order valence-corrected chi connectivity index (χ2v) is 6.24. The third kappa shape index (κ3) is 3.74. The van der Waals surface area contributed by atoms with Crippen molar-refractivity contribution < 1.29 is 9.90 Å². The smallest absolute Gasteiger partial charge is 0.224 e. The van der Waals surface area contributed by atoms with Crippen LogP contribution in [0.2, 0.25) is 0 Å². The number of aliphatic hydroxyl groups excluding tert-OH is 1. The highest BCUT2D eigenvalue weighted by Crippen LogP contribution is 2.19. The number of rotatable bonds is 7. The van der Waals surface area contributed by atoms with Gasteiger partial charge in [0.2, 0.25) is 5.91 Å². The van der Waals surface area contributed by atoms with Gasteiger partial charge in [-0.05, 0) is 24.4 Å². The molecule has 0 bridgehead atoms. The molecule has 0 spiro atoms. The molecule has 0 saturated carbocycles. The number of imidazole rings is 1. The largest absolute Gasteiger partial charge is 0.395 e. The molecule has 0 radical (unpaired) electrons. The van der Waals surface area contributed by atoms with Gasteiger partial charge in [-0.1, -0.05) is 18.2 Å². The number of benzene rings is 1. The van der Waals surface area contributed by atoms with Crippen LogP contribution in [0.25, 0.3) is 10.9 Å². The number of aryl methyl sites for hydroxylation is 3. The molecule has 2 heterocycles. The highest BCUT2D eigenvalue weighted by atomic mass is 16.3. The van der Waals surface area contributed by atoms with E-state index in [1.54, 1.807) is 11.1 Å². The molecule has 3 aromatic rings. The van der Waals surface area contributed by atoms with E-state index in [2.05, 4.69) is 34.7 Å². The van der Waals surface area contributed by atoms with E-state index in [0.29, 0.717) is 26.1 Å². The Morgan fingerprint density at radius 2 is 2.12 bits per heavy atom. The molecule has 132 valence electrons. The summed E-state index contributed by atoms with van der Waals surface area (Å²) in [7, 11) is 1.90. The van der Waals surface area contributed by atoms with Crippen LogP contribution in [0, 0.1) is 6.92 Å². The minimum absolute atomic E-state index is 0.0224.